The van der Waals surface area contributed by atoms with Crippen LogP contribution in [0.4, 0.5) is 0 Å². The molecule has 0 fully saturated rings. The summed E-state index contributed by atoms with van der Waals surface area (Å²) in [6.45, 7) is 5.95. The van der Waals surface area contributed by atoms with Crippen molar-refractivity contribution in [2.24, 2.45) is 5.92 Å². The average molecular weight is 212 g/mol. The van der Waals surface area contributed by atoms with Crippen LogP contribution in [0.5, 0.6) is 0 Å². The van der Waals surface area contributed by atoms with Crippen molar-refractivity contribution in [1.29, 1.82) is 0 Å². The summed E-state index contributed by atoms with van der Waals surface area (Å²) in [5.41, 5.74) is 0.357. The van der Waals surface area contributed by atoms with Gasteiger partial charge in [0.25, 0.3) is 0 Å². The fourth-order valence-electron chi connectivity index (χ4n) is 1.68. The summed E-state index contributed by atoms with van der Waals surface area (Å²) in [5, 5.41) is 9.51. The lowest BCUT2D eigenvalue weighted by molar-refractivity contribution is -0.147. The van der Waals surface area contributed by atoms with Crippen LogP contribution in [0.3, 0.4) is 0 Å². The summed E-state index contributed by atoms with van der Waals surface area (Å²) >= 11 is 0. The number of cyclic esters (lactones) is 1. The van der Waals surface area contributed by atoms with Crippen LogP contribution in [0, 0.1) is 5.92 Å². The number of ether oxygens (including phenoxy) is 1. The SMILES string of the molecule is CC1=C(O)CC(CCCC(C)C)OC1=O. The number of aliphatic hydroxyl groups excluding tert-OH is 1. The van der Waals surface area contributed by atoms with Gasteiger partial charge in [0.2, 0.25) is 0 Å². The predicted octanol–water partition coefficient (Wildman–Crippen LogP) is 2.96. The first-order chi connectivity index (χ1) is 7.00. The van der Waals surface area contributed by atoms with Crippen molar-refractivity contribution in [2.45, 2.75) is 52.6 Å². The van der Waals surface area contributed by atoms with E-state index >= 15 is 0 Å². The van der Waals surface area contributed by atoms with Crippen molar-refractivity contribution < 1.29 is 14.6 Å². The molecule has 0 aliphatic carbocycles. The zero-order chi connectivity index (χ0) is 11.4. The number of carbonyl (C=O) groups is 1. The molecular weight excluding hydrogens is 192 g/mol. The van der Waals surface area contributed by atoms with Gasteiger partial charge in [0, 0.05) is 6.42 Å². The van der Waals surface area contributed by atoms with Crippen LogP contribution in [0.1, 0.15) is 46.5 Å². The lowest BCUT2D eigenvalue weighted by Gasteiger charge is -2.23. The van der Waals surface area contributed by atoms with Gasteiger partial charge in [0.1, 0.15) is 11.9 Å². The third-order valence-electron chi connectivity index (χ3n) is 2.74. The van der Waals surface area contributed by atoms with Crippen LogP contribution < -0.4 is 0 Å². The van der Waals surface area contributed by atoms with Gasteiger partial charge in [-0.15, -0.1) is 0 Å². The summed E-state index contributed by atoms with van der Waals surface area (Å²) in [6.07, 6.45) is 3.39. The monoisotopic (exact) mass is 212 g/mol. The zero-order valence-corrected chi connectivity index (χ0v) is 9.75. The fraction of sp³-hybridized carbons (Fsp3) is 0.750. The predicted molar refractivity (Wildman–Crippen MR) is 58.5 cm³/mol. The second kappa shape index (κ2) is 5.19. The Morgan fingerprint density at radius 1 is 1.53 bits per heavy atom. The van der Waals surface area contributed by atoms with E-state index in [4.69, 9.17) is 4.74 Å². The minimum Gasteiger partial charge on any atom is -0.512 e. The van der Waals surface area contributed by atoms with E-state index in [0.29, 0.717) is 17.9 Å². The first kappa shape index (κ1) is 12.1. The van der Waals surface area contributed by atoms with Gasteiger partial charge in [0.15, 0.2) is 0 Å². The molecular formula is C12H20O3. The van der Waals surface area contributed by atoms with Crippen LogP contribution in [-0.2, 0) is 9.53 Å². The Kier molecular flexibility index (Phi) is 4.18. The van der Waals surface area contributed by atoms with Crippen LogP contribution in [0.2, 0.25) is 0 Å². The number of carbonyl (C=O) groups excluding carboxylic acids is 1. The average Bonchev–Trinajstić information content (AvgIpc) is 2.13. The molecule has 0 aromatic carbocycles. The Morgan fingerprint density at radius 3 is 2.73 bits per heavy atom. The molecule has 1 rings (SSSR count). The van der Waals surface area contributed by atoms with E-state index in [0.717, 1.165) is 19.3 Å². The van der Waals surface area contributed by atoms with Crippen molar-refractivity contribution in [1.82, 2.24) is 0 Å². The molecule has 0 radical (unpaired) electrons. The molecule has 0 aromatic rings. The third kappa shape index (κ3) is 3.57. The van der Waals surface area contributed by atoms with E-state index < -0.39 is 0 Å². The largest absolute Gasteiger partial charge is 0.512 e. The van der Waals surface area contributed by atoms with Crippen molar-refractivity contribution in [2.75, 3.05) is 0 Å². The summed E-state index contributed by atoms with van der Waals surface area (Å²) in [4.78, 5) is 11.3. The molecule has 1 aliphatic heterocycles. The van der Waals surface area contributed by atoms with E-state index in [1.54, 1.807) is 6.92 Å². The van der Waals surface area contributed by atoms with E-state index in [1.807, 2.05) is 0 Å². The van der Waals surface area contributed by atoms with E-state index in [2.05, 4.69) is 13.8 Å². The zero-order valence-electron chi connectivity index (χ0n) is 9.75. The van der Waals surface area contributed by atoms with Crippen LogP contribution in [0.15, 0.2) is 11.3 Å². The number of esters is 1. The molecule has 1 atom stereocenters. The van der Waals surface area contributed by atoms with E-state index in [1.165, 1.54) is 0 Å². The molecule has 1 unspecified atom stereocenters. The molecule has 3 nitrogen and oxygen atoms in total. The maximum Gasteiger partial charge on any atom is 0.337 e. The molecule has 86 valence electrons. The molecule has 0 saturated heterocycles. The van der Waals surface area contributed by atoms with E-state index in [9.17, 15) is 9.90 Å². The van der Waals surface area contributed by atoms with Crippen LogP contribution in [-0.4, -0.2) is 17.2 Å². The highest BCUT2D eigenvalue weighted by molar-refractivity contribution is 5.89. The molecule has 15 heavy (non-hydrogen) atoms. The second-order valence-corrected chi connectivity index (χ2v) is 4.63. The maximum absolute atomic E-state index is 11.3. The number of rotatable bonds is 4. The van der Waals surface area contributed by atoms with Gasteiger partial charge in [-0.05, 0) is 25.7 Å². The number of hydrogen-bond acceptors (Lipinski definition) is 3. The molecule has 0 amide bonds. The van der Waals surface area contributed by atoms with Crippen LogP contribution in [0.25, 0.3) is 0 Å². The molecule has 3 heteroatoms. The highest BCUT2D eigenvalue weighted by Crippen LogP contribution is 2.23. The lowest BCUT2D eigenvalue weighted by atomic mass is 10.00. The first-order valence-electron chi connectivity index (χ1n) is 5.60. The summed E-state index contributed by atoms with van der Waals surface area (Å²) < 4.78 is 5.19. The number of aliphatic hydroxyl groups is 1. The van der Waals surface area contributed by atoms with Gasteiger partial charge in [-0.25, -0.2) is 4.79 Å². The minimum atomic E-state index is -0.367. The normalized spacial score (nSPS) is 22.1. The van der Waals surface area contributed by atoms with E-state index in [-0.39, 0.29) is 17.8 Å². The van der Waals surface area contributed by atoms with Crippen LogP contribution >= 0.6 is 0 Å². The molecule has 0 spiro atoms. The Labute approximate surface area is 91.1 Å². The summed E-state index contributed by atoms with van der Waals surface area (Å²) in [5.74, 6) is 0.504. The van der Waals surface area contributed by atoms with Gasteiger partial charge in [-0.1, -0.05) is 20.3 Å². The topological polar surface area (TPSA) is 46.5 Å². The second-order valence-electron chi connectivity index (χ2n) is 4.63. The number of hydrogen-bond donors (Lipinski definition) is 1. The Morgan fingerprint density at radius 2 is 2.20 bits per heavy atom. The molecule has 0 saturated carbocycles. The Hall–Kier alpha value is -0.990. The lowest BCUT2D eigenvalue weighted by Crippen LogP contribution is -2.25. The Balaban J connectivity index is 2.38. The van der Waals surface area contributed by atoms with Gasteiger partial charge in [0.05, 0.1) is 5.57 Å². The maximum atomic E-state index is 11.3. The molecule has 0 bridgehead atoms. The van der Waals surface area contributed by atoms with Gasteiger partial charge in [-0.2, -0.15) is 0 Å². The minimum absolute atomic E-state index is 0.125. The van der Waals surface area contributed by atoms with Crippen molar-refractivity contribution in [3.63, 3.8) is 0 Å². The third-order valence-corrected chi connectivity index (χ3v) is 2.74. The smallest absolute Gasteiger partial charge is 0.337 e. The fourth-order valence-corrected chi connectivity index (χ4v) is 1.68. The molecule has 1 N–H and O–H groups in total. The highest BCUT2D eigenvalue weighted by Gasteiger charge is 2.25. The first-order valence-corrected chi connectivity index (χ1v) is 5.60. The standard InChI is InChI=1S/C12H20O3/c1-8(2)5-4-6-10-7-11(13)9(3)12(14)15-10/h8,10,13H,4-7H2,1-3H3. The van der Waals surface area contributed by atoms with Crippen molar-refractivity contribution in [3.8, 4) is 0 Å². The molecule has 1 heterocycles. The quantitative estimate of drug-likeness (QED) is 0.729. The van der Waals surface area contributed by atoms with Gasteiger partial charge < -0.3 is 9.84 Å². The van der Waals surface area contributed by atoms with Gasteiger partial charge in [-0.3, -0.25) is 0 Å². The molecule has 0 aromatic heterocycles. The highest BCUT2D eigenvalue weighted by atomic mass is 16.5. The summed E-state index contributed by atoms with van der Waals surface area (Å²) in [6, 6.07) is 0. The van der Waals surface area contributed by atoms with Gasteiger partial charge >= 0.3 is 5.97 Å². The summed E-state index contributed by atoms with van der Waals surface area (Å²) in [7, 11) is 0. The Bertz CT molecular complexity index is 266. The van der Waals surface area contributed by atoms with Crippen molar-refractivity contribution in [3.05, 3.63) is 11.3 Å². The molecule has 1 aliphatic rings. The van der Waals surface area contributed by atoms with Crippen molar-refractivity contribution >= 4 is 5.97 Å².